The van der Waals surface area contributed by atoms with Gasteiger partial charge < -0.3 is 0 Å². The third-order valence-electron chi connectivity index (χ3n) is 2.84. The Labute approximate surface area is 134 Å². The molecule has 2 N–H and O–H groups in total. The van der Waals surface area contributed by atoms with E-state index in [4.69, 9.17) is 0 Å². The fraction of sp³-hybridized carbons (Fsp3) is 0. The number of carbonyl (C=O) groups is 1. The second-order valence-corrected chi connectivity index (χ2v) is 6.12. The number of amides is 1. The summed E-state index contributed by atoms with van der Waals surface area (Å²) in [4.78, 5) is 22.7. The van der Waals surface area contributed by atoms with Crippen LogP contribution < -0.4 is 10.3 Å². The molecule has 2 rings (SSSR count). The lowest BCUT2D eigenvalue weighted by Crippen LogP contribution is -2.41. The molecule has 0 radical (unpaired) electrons. The van der Waals surface area contributed by atoms with E-state index in [0.717, 1.165) is 30.3 Å². The number of rotatable bonds is 5. The molecule has 0 heterocycles. The minimum atomic E-state index is -4.32. The molecule has 0 spiro atoms. The average molecular weight is 357 g/mol. The number of non-ortho nitro benzene ring substituents is 1. The molecular formula is C13H9F2N3O5S. The maximum atomic E-state index is 13.1. The summed E-state index contributed by atoms with van der Waals surface area (Å²) in [7, 11) is -4.32. The largest absolute Gasteiger partial charge is 0.273 e. The lowest BCUT2D eigenvalue weighted by atomic mass is 10.2. The van der Waals surface area contributed by atoms with Gasteiger partial charge in [-0.1, -0.05) is 0 Å². The van der Waals surface area contributed by atoms with Crippen molar-refractivity contribution in [2.75, 3.05) is 0 Å². The monoisotopic (exact) mass is 357 g/mol. The molecule has 24 heavy (non-hydrogen) atoms. The Hall–Kier alpha value is -2.92. The Morgan fingerprint density at radius 1 is 1.04 bits per heavy atom. The molecule has 2 aromatic carbocycles. The fourth-order valence-electron chi connectivity index (χ4n) is 1.62. The average Bonchev–Trinajstić information content (AvgIpc) is 2.55. The second-order valence-electron chi connectivity index (χ2n) is 4.44. The van der Waals surface area contributed by atoms with Crippen molar-refractivity contribution in [2.24, 2.45) is 0 Å². The lowest BCUT2D eigenvalue weighted by Gasteiger charge is -2.08. The van der Waals surface area contributed by atoms with Crippen LogP contribution in [0, 0.1) is 21.7 Å². The second kappa shape index (κ2) is 6.68. The summed E-state index contributed by atoms with van der Waals surface area (Å²) in [6, 6.07) is 6.28. The number of hydrazine groups is 1. The van der Waals surface area contributed by atoms with Crippen LogP contribution in [0.3, 0.4) is 0 Å². The van der Waals surface area contributed by atoms with E-state index in [2.05, 4.69) is 0 Å². The molecule has 0 bridgehead atoms. The van der Waals surface area contributed by atoms with E-state index in [0.29, 0.717) is 12.1 Å². The lowest BCUT2D eigenvalue weighted by molar-refractivity contribution is -0.384. The molecule has 11 heteroatoms. The van der Waals surface area contributed by atoms with Crippen LogP contribution in [-0.4, -0.2) is 19.2 Å². The molecule has 0 saturated carbocycles. The third kappa shape index (κ3) is 3.88. The number of nitrogens with zero attached hydrogens (tertiary/aromatic N) is 1. The van der Waals surface area contributed by atoms with E-state index in [1.165, 1.54) is 0 Å². The van der Waals surface area contributed by atoms with Gasteiger partial charge in [0.25, 0.3) is 21.6 Å². The van der Waals surface area contributed by atoms with Gasteiger partial charge in [-0.05, 0) is 30.3 Å². The zero-order valence-electron chi connectivity index (χ0n) is 11.7. The van der Waals surface area contributed by atoms with Crippen molar-refractivity contribution in [1.82, 2.24) is 10.3 Å². The predicted octanol–water partition coefficient (Wildman–Crippen LogP) is 1.50. The van der Waals surface area contributed by atoms with Crippen LogP contribution in [0.15, 0.2) is 47.4 Å². The van der Waals surface area contributed by atoms with Gasteiger partial charge in [0, 0.05) is 17.7 Å². The highest BCUT2D eigenvalue weighted by molar-refractivity contribution is 7.89. The Balaban J connectivity index is 2.09. The van der Waals surface area contributed by atoms with Gasteiger partial charge in [0.15, 0.2) is 11.6 Å². The molecule has 1 amide bonds. The molecule has 126 valence electrons. The van der Waals surface area contributed by atoms with Crippen LogP contribution in [0.5, 0.6) is 0 Å². The smallest absolute Gasteiger partial charge is 0.269 e. The molecule has 0 aliphatic carbocycles. The first-order chi connectivity index (χ1) is 11.2. The summed E-state index contributed by atoms with van der Waals surface area (Å²) in [5, 5.41) is 10.5. The van der Waals surface area contributed by atoms with Crippen molar-refractivity contribution in [3.8, 4) is 0 Å². The summed E-state index contributed by atoms with van der Waals surface area (Å²) in [6.45, 7) is 0. The van der Waals surface area contributed by atoms with Gasteiger partial charge in [-0.15, -0.1) is 4.83 Å². The van der Waals surface area contributed by atoms with E-state index in [9.17, 15) is 32.1 Å². The van der Waals surface area contributed by atoms with Crippen molar-refractivity contribution in [3.63, 3.8) is 0 Å². The molecule has 0 fully saturated rings. The standard InChI is InChI=1S/C13H9F2N3O5S/c14-11-6-5-10(7-12(11)15)24(22,23)17-16-13(19)8-1-3-9(4-2-8)18(20)21/h1-7,17H,(H,16,19). The van der Waals surface area contributed by atoms with Gasteiger partial charge in [-0.3, -0.25) is 20.3 Å². The van der Waals surface area contributed by atoms with Crippen LogP contribution >= 0.6 is 0 Å². The van der Waals surface area contributed by atoms with Gasteiger partial charge in [0.05, 0.1) is 9.82 Å². The van der Waals surface area contributed by atoms with Crippen LogP contribution in [0.2, 0.25) is 0 Å². The Morgan fingerprint density at radius 3 is 2.21 bits per heavy atom. The fourth-order valence-corrected chi connectivity index (χ4v) is 2.47. The van der Waals surface area contributed by atoms with Crippen LogP contribution in [0.25, 0.3) is 0 Å². The number of halogens is 2. The third-order valence-corrected chi connectivity index (χ3v) is 4.09. The predicted molar refractivity (Wildman–Crippen MR) is 77.2 cm³/mol. The van der Waals surface area contributed by atoms with Gasteiger partial charge in [0.2, 0.25) is 0 Å². The molecule has 0 unspecified atom stereocenters. The van der Waals surface area contributed by atoms with Crippen molar-refractivity contribution < 1.29 is 26.9 Å². The first-order valence-electron chi connectivity index (χ1n) is 6.22. The van der Waals surface area contributed by atoms with E-state index in [1.807, 2.05) is 5.43 Å². The normalized spacial score (nSPS) is 11.1. The van der Waals surface area contributed by atoms with Crippen molar-refractivity contribution in [3.05, 3.63) is 69.8 Å². The summed E-state index contributed by atoms with van der Waals surface area (Å²) in [6.07, 6.45) is 0. The Morgan fingerprint density at radius 2 is 1.67 bits per heavy atom. The minimum Gasteiger partial charge on any atom is -0.273 e. The van der Waals surface area contributed by atoms with E-state index in [1.54, 1.807) is 4.83 Å². The first-order valence-corrected chi connectivity index (χ1v) is 7.70. The number of hydrogen-bond acceptors (Lipinski definition) is 5. The molecule has 0 aliphatic rings. The minimum absolute atomic E-state index is 0.0476. The first kappa shape index (κ1) is 17.4. The zero-order chi connectivity index (χ0) is 17.9. The van der Waals surface area contributed by atoms with Crippen molar-refractivity contribution in [2.45, 2.75) is 4.90 Å². The number of sulfonamides is 1. The Kier molecular flexibility index (Phi) is 4.85. The van der Waals surface area contributed by atoms with E-state index in [-0.39, 0.29) is 11.3 Å². The van der Waals surface area contributed by atoms with Gasteiger partial charge in [0.1, 0.15) is 0 Å². The molecule has 0 atom stereocenters. The number of nitro benzene ring substituents is 1. The summed E-state index contributed by atoms with van der Waals surface area (Å²) >= 11 is 0. The summed E-state index contributed by atoms with van der Waals surface area (Å²) in [5.74, 6) is -3.47. The maximum absolute atomic E-state index is 13.1. The molecular weight excluding hydrogens is 348 g/mol. The van der Waals surface area contributed by atoms with Gasteiger partial charge >= 0.3 is 0 Å². The van der Waals surface area contributed by atoms with Gasteiger partial charge in [-0.25, -0.2) is 17.2 Å². The zero-order valence-corrected chi connectivity index (χ0v) is 12.5. The van der Waals surface area contributed by atoms with E-state index < -0.39 is 37.4 Å². The van der Waals surface area contributed by atoms with Crippen molar-refractivity contribution in [1.29, 1.82) is 0 Å². The summed E-state index contributed by atoms with van der Waals surface area (Å²) < 4.78 is 49.6. The molecule has 0 saturated heterocycles. The van der Waals surface area contributed by atoms with Gasteiger partial charge in [-0.2, -0.15) is 0 Å². The highest BCUT2D eigenvalue weighted by Gasteiger charge is 2.18. The molecule has 0 aromatic heterocycles. The number of benzene rings is 2. The maximum Gasteiger partial charge on any atom is 0.269 e. The topological polar surface area (TPSA) is 118 Å². The van der Waals surface area contributed by atoms with Crippen LogP contribution in [0.4, 0.5) is 14.5 Å². The van der Waals surface area contributed by atoms with E-state index >= 15 is 0 Å². The Bertz CT molecular complexity index is 900. The van der Waals surface area contributed by atoms with Crippen molar-refractivity contribution >= 4 is 21.6 Å². The highest BCUT2D eigenvalue weighted by Crippen LogP contribution is 2.14. The number of hydrogen-bond donors (Lipinski definition) is 2. The number of nitro groups is 1. The molecule has 2 aromatic rings. The quantitative estimate of drug-likeness (QED) is 0.621. The van der Waals surface area contributed by atoms with Crippen LogP contribution in [0.1, 0.15) is 10.4 Å². The number of carbonyl (C=O) groups excluding carboxylic acids is 1. The molecule has 8 nitrogen and oxygen atoms in total. The SMILES string of the molecule is O=C(NNS(=O)(=O)c1ccc(F)c(F)c1)c1ccc([N+](=O)[O-])cc1. The number of nitrogens with one attached hydrogen (secondary N) is 2. The van der Waals surface area contributed by atoms with Crippen LogP contribution in [-0.2, 0) is 10.0 Å². The molecule has 0 aliphatic heterocycles. The summed E-state index contributed by atoms with van der Waals surface area (Å²) in [5.41, 5.74) is 1.57. The highest BCUT2D eigenvalue weighted by atomic mass is 32.2.